The first-order chi connectivity index (χ1) is 16.1. The van der Waals surface area contributed by atoms with Crippen LogP contribution in [0, 0.1) is 28.4 Å². The molecule has 4 nitrogen and oxygen atoms in total. The number of esters is 1. The van der Waals surface area contributed by atoms with Crippen molar-refractivity contribution in [2.24, 2.45) is 5.41 Å². The number of ether oxygens (including phenoxy) is 1. The SMILES string of the molecule is CC(C)(C)C[C@@H]1N[C@@H](C(=O)OC(C)(C)C)[C@H](c2cccc(Cl)c2F)[C@@]1(C#N)c1ccc(Cl)c(F)c1. The van der Waals surface area contributed by atoms with Gasteiger partial charge in [0.25, 0.3) is 0 Å². The summed E-state index contributed by atoms with van der Waals surface area (Å²) in [5, 5.41) is 13.8. The van der Waals surface area contributed by atoms with Crippen molar-refractivity contribution in [1.82, 2.24) is 5.32 Å². The van der Waals surface area contributed by atoms with Gasteiger partial charge in [0.15, 0.2) is 0 Å². The predicted octanol–water partition coefficient (Wildman–Crippen LogP) is 6.94. The second kappa shape index (κ2) is 9.69. The van der Waals surface area contributed by atoms with E-state index in [0.29, 0.717) is 12.0 Å². The molecule has 0 aromatic heterocycles. The summed E-state index contributed by atoms with van der Waals surface area (Å²) in [6.45, 7) is 11.2. The summed E-state index contributed by atoms with van der Waals surface area (Å²) in [5.74, 6) is -3.14. The van der Waals surface area contributed by atoms with Gasteiger partial charge in [-0.1, -0.05) is 62.2 Å². The van der Waals surface area contributed by atoms with Crippen molar-refractivity contribution >= 4 is 29.2 Å². The number of benzene rings is 2. The van der Waals surface area contributed by atoms with Crippen LogP contribution in [0.15, 0.2) is 36.4 Å². The normalized spacial score (nSPS) is 24.8. The van der Waals surface area contributed by atoms with E-state index in [1.807, 2.05) is 20.8 Å². The lowest BCUT2D eigenvalue weighted by Crippen LogP contribution is -2.44. The van der Waals surface area contributed by atoms with Crippen molar-refractivity contribution in [2.45, 2.75) is 77.0 Å². The summed E-state index contributed by atoms with van der Waals surface area (Å²) >= 11 is 12.1. The molecule has 2 aromatic rings. The molecule has 1 N–H and O–H groups in total. The van der Waals surface area contributed by atoms with E-state index in [-0.39, 0.29) is 21.0 Å². The number of nitrogens with zero attached hydrogens (tertiary/aromatic N) is 1. The number of hydrogen-bond acceptors (Lipinski definition) is 4. The zero-order chi connectivity index (χ0) is 26.3. The Bertz CT molecular complexity index is 1170. The smallest absolute Gasteiger partial charge is 0.324 e. The van der Waals surface area contributed by atoms with E-state index < -0.39 is 46.6 Å². The van der Waals surface area contributed by atoms with Crippen molar-refractivity contribution in [1.29, 1.82) is 5.26 Å². The average molecular weight is 523 g/mol. The Morgan fingerprint density at radius 2 is 1.77 bits per heavy atom. The summed E-state index contributed by atoms with van der Waals surface area (Å²) < 4.78 is 35.9. The molecule has 0 aliphatic carbocycles. The lowest BCUT2D eigenvalue weighted by Gasteiger charge is -2.37. The van der Waals surface area contributed by atoms with Crippen LogP contribution in [0.3, 0.4) is 0 Å². The van der Waals surface area contributed by atoms with Gasteiger partial charge in [0.2, 0.25) is 0 Å². The van der Waals surface area contributed by atoms with Gasteiger partial charge in [-0.15, -0.1) is 0 Å². The largest absolute Gasteiger partial charge is 0.459 e. The van der Waals surface area contributed by atoms with Gasteiger partial charge in [-0.2, -0.15) is 5.26 Å². The molecule has 8 heteroatoms. The van der Waals surface area contributed by atoms with Crippen molar-refractivity contribution < 1.29 is 18.3 Å². The summed E-state index contributed by atoms with van der Waals surface area (Å²) in [5.41, 5.74) is -2.27. The Balaban J connectivity index is 2.35. The van der Waals surface area contributed by atoms with Gasteiger partial charge in [-0.3, -0.25) is 10.1 Å². The molecule has 0 unspecified atom stereocenters. The van der Waals surface area contributed by atoms with E-state index >= 15 is 4.39 Å². The Kier molecular flexibility index (Phi) is 7.58. The zero-order valence-corrected chi connectivity index (χ0v) is 22.2. The molecule has 0 radical (unpaired) electrons. The molecule has 0 spiro atoms. The highest BCUT2D eigenvalue weighted by Gasteiger charge is 2.61. The van der Waals surface area contributed by atoms with Crippen LogP contribution in [0.5, 0.6) is 0 Å². The first kappa shape index (κ1) is 27.4. The van der Waals surface area contributed by atoms with Crippen LogP contribution in [-0.4, -0.2) is 23.7 Å². The summed E-state index contributed by atoms with van der Waals surface area (Å²) in [6.07, 6.45) is 0.433. The van der Waals surface area contributed by atoms with Crippen LogP contribution >= 0.6 is 23.2 Å². The second-order valence-corrected chi connectivity index (χ2v) is 12.0. The Morgan fingerprint density at radius 3 is 2.31 bits per heavy atom. The van der Waals surface area contributed by atoms with Crippen molar-refractivity contribution in [3.63, 3.8) is 0 Å². The summed E-state index contributed by atoms with van der Waals surface area (Å²) in [4.78, 5) is 13.5. The van der Waals surface area contributed by atoms with Gasteiger partial charge < -0.3 is 4.74 Å². The minimum absolute atomic E-state index is 0.0779. The van der Waals surface area contributed by atoms with Gasteiger partial charge >= 0.3 is 5.97 Å². The quantitative estimate of drug-likeness (QED) is 0.442. The molecule has 1 saturated heterocycles. The first-order valence-electron chi connectivity index (χ1n) is 11.4. The third-order valence-electron chi connectivity index (χ3n) is 6.13. The Morgan fingerprint density at radius 1 is 1.11 bits per heavy atom. The molecule has 1 heterocycles. The number of halogens is 4. The number of nitrogens with one attached hydrogen (secondary N) is 1. The van der Waals surface area contributed by atoms with Gasteiger partial charge in [0, 0.05) is 12.0 Å². The molecule has 188 valence electrons. The third kappa shape index (κ3) is 5.48. The van der Waals surface area contributed by atoms with Gasteiger partial charge in [0.1, 0.15) is 28.7 Å². The number of rotatable bonds is 4. The summed E-state index contributed by atoms with van der Waals surface area (Å²) in [6, 6.07) is 9.21. The van der Waals surface area contributed by atoms with E-state index in [2.05, 4.69) is 11.4 Å². The van der Waals surface area contributed by atoms with Crippen LogP contribution < -0.4 is 5.32 Å². The fraction of sp³-hybridized carbons (Fsp3) is 0.481. The molecule has 1 aliphatic heterocycles. The Labute approximate surface area is 215 Å². The number of carbonyl (C=O) groups excluding carboxylic acids is 1. The average Bonchev–Trinajstić information content (AvgIpc) is 3.04. The van der Waals surface area contributed by atoms with Crippen LogP contribution in [0.4, 0.5) is 8.78 Å². The molecule has 2 aromatic carbocycles. The highest BCUT2D eigenvalue weighted by atomic mass is 35.5. The summed E-state index contributed by atoms with van der Waals surface area (Å²) in [7, 11) is 0. The standard InChI is InChI=1S/C27H30Cl2F2N2O2/c1-25(2,3)13-20-27(14-32,15-10-11-17(28)19(30)12-15)21(16-8-7-9-18(29)22(16)31)23(33-20)24(34)35-26(4,5)6/h7-12,20-21,23,33H,13H2,1-6H3/t20-,21-,23+,27-/m0/s1. The van der Waals surface area contributed by atoms with E-state index in [0.717, 1.165) is 0 Å². The van der Waals surface area contributed by atoms with Crippen LogP contribution in [0.25, 0.3) is 0 Å². The fourth-order valence-electron chi connectivity index (χ4n) is 4.86. The maximum absolute atomic E-state index is 15.5. The van der Waals surface area contributed by atoms with E-state index in [1.54, 1.807) is 32.9 Å². The van der Waals surface area contributed by atoms with Crippen LogP contribution in [0.2, 0.25) is 10.0 Å². The molecule has 35 heavy (non-hydrogen) atoms. The minimum atomic E-state index is -1.54. The maximum Gasteiger partial charge on any atom is 0.324 e. The number of nitriles is 1. The topological polar surface area (TPSA) is 62.1 Å². The third-order valence-corrected chi connectivity index (χ3v) is 6.73. The van der Waals surface area contributed by atoms with Crippen molar-refractivity contribution in [2.75, 3.05) is 0 Å². The molecule has 0 amide bonds. The lowest BCUT2D eigenvalue weighted by atomic mass is 9.63. The molecule has 3 rings (SSSR count). The molecule has 0 bridgehead atoms. The lowest BCUT2D eigenvalue weighted by molar-refractivity contribution is -0.157. The van der Waals surface area contributed by atoms with Gasteiger partial charge in [-0.25, -0.2) is 8.78 Å². The molecule has 1 fully saturated rings. The van der Waals surface area contributed by atoms with Crippen molar-refractivity contribution in [3.8, 4) is 6.07 Å². The molecular formula is C27H30Cl2F2N2O2. The number of hydrogen-bond donors (Lipinski definition) is 1. The fourth-order valence-corrected chi connectivity index (χ4v) is 5.16. The van der Waals surface area contributed by atoms with Gasteiger partial charge in [0.05, 0.1) is 16.1 Å². The predicted molar refractivity (Wildman–Crippen MR) is 133 cm³/mol. The maximum atomic E-state index is 15.5. The molecule has 4 atom stereocenters. The molecule has 1 aliphatic rings. The Hall–Kier alpha value is -2.20. The molecule has 0 saturated carbocycles. The number of carbonyl (C=O) groups is 1. The van der Waals surface area contributed by atoms with E-state index in [1.165, 1.54) is 24.3 Å². The van der Waals surface area contributed by atoms with Crippen LogP contribution in [0.1, 0.15) is 65.0 Å². The monoisotopic (exact) mass is 522 g/mol. The zero-order valence-electron chi connectivity index (χ0n) is 20.7. The van der Waals surface area contributed by atoms with Gasteiger partial charge in [-0.05, 0) is 61.9 Å². The van der Waals surface area contributed by atoms with Crippen LogP contribution in [-0.2, 0) is 14.9 Å². The van der Waals surface area contributed by atoms with E-state index in [9.17, 15) is 14.4 Å². The first-order valence-corrected chi connectivity index (χ1v) is 12.2. The molecular weight excluding hydrogens is 493 g/mol. The minimum Gasteiger partial charge on any atom is -0.459 e. The highest BCUT2D eigenvalue weighted by molar-refractivity contribution is 6.31. The van der Waals surface area contributed by atoms with Crippen molar-refractivity contribution in [3.05, 3.63) is 69.2 Å². The highest BCUT2D eigenvalue weighted by Crippen LogP contribution is 2.52. The van der Waals surface area contributed by atoms with E-state index in [4.69, 9.17) is 27.9 Å². The second-order valence-electron chi connectivity index (χ2n) is 11.2.